The lowest BCUT2D eigenvalue weighted by atomic mass is 10.2. The van der Waals surface area contributed by atoms with E-state index in [0.717, 1.165) is 17.7 Å². The third-order valence-electron chi connectivity index (χ3n) is 3.18. The number of sulfone groups is 1. The summed E-state index contributed by atoms with van der Waals surface area (Å²) in [5.41, 5.74) is 0. The van der Waals surface area contributed by atoms with Crippen LogP contribution in [0.3, 0.4) is 0 Å². The van der Waals surface area contributed by atoms with Crippen molar-refractivity contribution in [2.45, 2.75) is 38.8 Å². The van der Waals surface area contributed by atoms with Crippen LogP contribution >= 0.6 is 11.3 Å². The Bertz CT molecular complexity index is 478. The van der Waals surface area contributed by atoms with Crippen molar-refractivity contribution in [2.75, 3.05) is 11.5 Å². The molecule has 2 atom stereocenters. The smallest absolute Gasteiger partial charge is 0.153 e. The normalized spacial score (nSPS) is 28.1. The molecule has 0 bridgehead atoms. The van der Waals surface area contributed by atoms with Crippen molar-refractivity contribution in [1.82, 2.24) is 5.32 Å². The molecule has 0 amide bonds. The lowest BCUT2D eigenvalue weighted by Crippen LogP contribution is -2.46. The fourth-order valence-corrected chi connectivity index (χ4v) is 5.16. The summed E-state index contributed by atoms with van der Waals surface area (Å²) in [5, 5.41) is 3.44. The molecule has 2 rings (SSSR count). The molecule has 1 aromatic heterocycles. The summed E-state index contributed by atoms with van der Waals surface area (Å²) in [6.07, 6.45) is 1.88. The van der Waals surface area contributed by atoms with Crippen LogP contribution in [0.5, 0.6) is 0 Å². The van der Waals surface area contributed by atoms with E-state index in [2.05, 4.69) is 24.4 Å². The van der Waals surface area contributed by atoms with Gasteiger partial charge in [-0.25, -0.2) is 8.42 Å². The van der Waals surface area contributed by atoms with E-state index in [-0.39, 0.29) is 23.6 Å². The lowest BCUT2D eigenvalue weighted by Gasteiger charge is -2.29. The van der Waals surface area contributed by atoms with E-state index in [9.17, 15) is 8.42 Å². The third-order valence-corrected chi connectivity index (χ3v) is 6.27. The van der Waals surface area contributed by atoms with Gasteiger partial charge in [0.15, 0.2) is 9.84 Å². The van der Waals surface area contributed by atoms with Crippen molar-refractivity contribution in [3.05, 3.63) is 21.9 Å². The number of hydrogen-bond acceptors (Lipinski definition) is 4. The molecule has 5 heteroatoms. The third kappa shape index (κ3) is 3.09. The molecule has 2 unspecified atom stereocenters. The van der Waals surface area contributed by atoms with Gasteiger partial charge >= 0.3 is 0 Å². The van der Waals surface area contributed by atoms with Crippen molar-refractivity contribution in [2.24, 2.45) is 0 Å². The van der Waals surface area contributed by atoms with Crippen LogP contribution in [0.25, 0.3) is 0 Å². The van der Waals surface area contributed by atoms with E-state index in [0.29, 0.717) is 0 Å². The van der Waals surface area contributed by atoms with Gasteiger partial charge in [0.2, 0.25) is 0 Å². The van der Waals surface area contributed by atoms with Crippen molar-refractivity contribution in [1.29, 1.82) is 0 Å². The molecular weight excluding hydrogens is 254 g/mol. The molecule has 17 heavy (non-hydrogen) atoms. The molecule has 0 aliphatic carbocycles. The zero-order valence-electron chi connectivity index (χ0n) is 10.3. The summed E-state index contributed by atoms with van der Waals surface area (Å²) in [5.74, 6) is 0.527. The van der Waals surface area contributed by atoms with E-state index in [4.69, 9.17) is 0 Å². The Morgan fingerprint density at radius 3 is 2.71 bits per heavy atom. The first-order valence-corrected chi connectivity index (χ1v) is 8.73. The Labute approximate surface area is 107 Å². The first-order chi connectivity index (χ1) is 8.04. The highest BCUT2D eigenvalue weighted by atomic mass is 32.2. The maximum Gasteiger partial charge on any atom is 0.153 e. The summed E-state index contributed by atoms with van der Waals surface area (Å²) in [7, 11) is -2.89. The highest BCUT2D eigenvalue weighted by Crippen LogP contribution is 2.28. The summed E-state index contributed by atoms with van der Waals surface area (Å²) < 4.78 is 23.7. The van der Waals surface area contributed by atoms with Crippen LogP contribution in [-0.2, 0) is 16.3 Å². The largest absolute Gasteiger partial charge is 0.305 e. The predicted octanol–water partition coefficient (Wildman–Crippen LogP) is 2.15. The minimum atomic E-state index is -2.89. The Morgan fingerprint density at radius 1 is 1.35 bits per heavy atom. The van der Waals surface area contributed by atoms with Gasteiger partial charge in [0.25, 0.3) is 0 Å². The van der Waals surface area contributed by atoms with Crippen molar-refractivity contribution >= 4 is 21.2 Å². The number of aryl methyl sites for hydroxylation is 1. The Kier molecular flexibility index (Phi) is 3.90. The van der Waals surface area contributed by atoms with Gasteiger partial charge < -0.3 is 5.32 Å². The quantitative estimate of drug-likeness (QED) is 0.918. The highest BCUT2D eigenvalue weighted by Gasteiger charge is 2.31. The molecule has 1 aliphatic rings. The Balaban J connectivity index is 2.20. The fourth-order valence-electron chi connectivity index (χ4n) is 2.18. The van der Waals surface area contributed by atoms with Gasteiger partial charge in [-0.05, 0) is 25.0 Å². The van der Waals surface area contributed by atoms with Gasteiger partial charge in [-0.3, -0.25) is 0 Å². The summed E-state index contributed by atoms with van der Waals surface area (Å²) in [6, 6.07) is 4.26. The van der Waals surface area contributed by atoms with Crippen LogP contribution in [0.4, 0.5) is 0 Å². The zero-order chi connectivity index (χ0) is 12.5. The van der Waals surface area contributed by atoms with E-state index < -0.39 is 9.84 Å². The SMILES string of the molecule is CCc1ccc(C2CS(=O)(=O)CC(CC)N2)s1. The molecular formula is C12H19NO2S2. The maximum atomic E-state index is 11.8. The Hall–Kier alpha value is -0.390. The van der Waals surface area contributed by atoms with Crippen molar-refractivity contribution in [3.63, 3.8) is 0 Å². The minimum Gasteiger partial charge on any atom is -0.305 e. The molecule has 1 N–H and O–H groups in total. The standard InChI is InChI=1S/C12H19NO2S2/c1-3-9-7-17(14,15)8-11(13-9)12-6-5-10(4-2)16-12/h5-6,9,11,13H,3-4,7-8H2,1-2H3. The van der Waals surface area contributed by atoms with Crippen LogP contribution in [0.15, 0.2) is 12.1 Å². The molecule has 1 aromatic rings. The molecule has 0 spiro atoms. The molecule has 1 saturated heterocycles. The topological polar surface area (TPSA) is 46.2 Å². The second kappa shape index (κ2) is 5.08. The van der Waals surface area contributed by atoms with E-state index in [1.165, 1.54) is 4.88 Å². The highest BCUT2D eigenvalue weighted by molar-refractivity contribution is 7.91. The number of nitrogens with one attached hydrogen (secondary N) is 1. The van der Waals surface area contributed by atoms with E-state index >= 15 is 0 Å². The molecule has 96 valence electrons. The van der Waals surface area contributed by atoms with Crippen LogP contribution in [-0.4, -0.2) is 26.0 Å². The lowest BCUT2D eigenvalue weighted by molar-refractivity contribution is 0.444. The molecule has 0 saturated carbocycles. The second-order valence-electron chi connectivity index (χ2n) is 4.56. The monoisotopic (exact) mass is 273 g/mol. The van der Waals surface area contributed by atoms with Crippen molar-refractivity contribution in [3.8, 4) is 0 Å². The van der Waals surface area contributed by atoms with Crippen molar-refractivity contribution < 1.29 is 8.42 Å². The van der Waals surface area contributed by atoms with Gasteiger partial charge in [0, 0.05) is 15.8 Å². The van der Waals surface area contributed by atoms with Crippen LogP contribution < -0.4 is 5.32 Å². The van der Waals surface area contributed by atoms with E-state index in [1.807, 2.05) is 6.92 Å². The maximum absolute atomic E-state index is 11.8. The molecule has 1 fully saturated rings. The van der Waals surface area contributed by atoms with Gasteiger partial charge in [0.1, 0.15) is 0 Å². The molecule has 0 aromatic carbocycles. The predicted molar refractivity (Wildman–Crippen MR) is 72.3 cm³/mol. The number of hydrogen-bond donors (Lipinski definition) is 1. The van der Waals surface area contributed by atoms with Gasteiger partial charge in [-0.15, -0.1) is 11.3 Å². The molecule has 0 radical (unpaired) electrons. The average molecular weight is 273 g/mol. The molecule has 2 heterocycles. The van der Waals surface area contributed by atoms with E-state index in [1.54, 1.807) is 11.3 Å². The van der Waals surface area contributed by atoms with Gasteiger partial charge in [-0.1, -0.05) is 13.8 Å². The average Bonchev–Trinajstić information content (AvgIpc) is 2.75. The number of thiophene rings is 1. The zero-order valence-corrected chi connectivity index (χ0v) is 11.9. The van der Waals surface area contributed by atoms with Gasteiger partial charge in [-0.2, -0.15) is 0 Å². The summed E-state index contributed by atoms with van der Waals surface area (Å²) in [6.45, 7) is 4.15. The minimum absolute atomic E-state index is 0.0102. The summed E-state index contributed by atoms with van der Waals surface area (Å²) in [4.78, 5) is 2.47. The molecule has 1 aliphatic heterocycles. The fraction of sp³-hybridized carbons (Fsp3) is 0.667. The van der Waals surface area contributed by atoms with Crippen LogP contribution in [0.2, 0.25) is 0 Å². The summed E-state index contributed by atoms with van der Waals surface area (Å²) >= 11 is 1.73. The van der Waals surface area contributed by atoms with Gasteiger partial charge in [0.05, 0.1) is 17.5 Å². The molecule has 3 nitrogen and oxygen atoms in total. The van der Waals surface area contributed by atoms with Crippen LogP contribution in [0.1, 0.15) is 36.1 Å². The van der Waals surface area contributed by atoms with Crippen LogP contribution in [0, 0.1) is 0 Å². The number of rotatable bonds is 3. The second-order valence-corrected chi connectivity index (χ2v) is 7.91. The first-order valence-electron chi connectivity index (χ1n) is 6.09. The first kappa shape index (κ1) is 13.1. The Morgan fingerprint density at radius 2 is 2.12 bits per heavy atom.